The standard InChI is InChI=1S/C30H32N2O4/c1-20-17-21(13-14-28(20)32-15-7-2-8-16-32)18-27(29(33)34)31-30(35)36-19-26-24-11-5-3-9-22(24)23-10-4-6-12-25(23)26/h3-6,9-14,17,26-27H,2,7-8,15-16,18-19H2,1H3,(H,31,35)(H,33,34). The summed E-state index contributed by atoms with van der Waals surface area (Å²) in [5.74, 6) is -1.15. The van der Waals surface area contributed by atoms with E-state index < -0.39 is 18.1 Å². The summed E-state index contributed by atoms with van der Waals surface area (Å²) in [5, 5.41) is 12.3. The average Bonchev–Trinajstić information content (AvgIpc) is 3.21. The van der Waals surface area contributed by atoms with Gasteiger partial charge in [0.15, 0.2) is 0 Å². The normalized spacial score (nSPS) is 15.6. The minimum Gasteiger partial charge on any atom is -0.480 e. The first kappa shape index (κ1) is 23.9. The van der Waals surface area contributed by atoms with Gasteiger partial charge in [0.25, 0.3) is 0 Å². The summed E-state index contributed by atoms with van der Waals surface area (Å²) < 4.78 is 5.56. The van der Waals surface area contributed by atoms with Crippen molar-refractivity contribution in [3.63, 3.8) is 0 Å². The first-order valence-corrected chi connectivity index (χ1v) is 12.7. The van der Waals surface area contributed by atoms with Gasteiger partial charge in [0.05, 0.1) is 0 Å². The highest BCUT2D eigenvalue weighted by molar-refractivity contribution is 5.81. The van der Waals surface area contributed by atoms with Gasteiger partial charge in [-0.2, -0.15) is 0 Å². The van der Waals surface area contributed by atoms with Crippen LogP contribution in [0.25, 0.3) is 11.1 Å². The van der Waals surface area contributed by atoms with Crippen LogP contribution in [0.1, 0.15) is 47.4 Å². The molecule has 6 nitrogen and oxygen atoms in total. The Balaban J connectivity index is 1.22. The summed E-state index contributed by atoms with van der Waals surface area (Å²) in [6, 6.07) is 21.2. The fourth-order valence-electron chi connectivity index (χ4n) is 5.55. The molecule has 186 valence electrons. The van der Waals surface area contributed by atoms with Gasteiger partial charge in [-0.1, -0.05) is 60.7 Å². The zero-order chi connectivity index (χ0) is 25.1. The smallest absolute Gasteiger partial charge is 0.407 e. The molecular formula is C30H32N2O4. The van der Waals surface area contributed by atoms with Crippen molar-refractivity contribution in [1.29, 1.82) is 0 Å². The quantitative estimate of drug-likeness (QED) is 0.462. The van der Waals surface area contributed by atoms with Crippen molar-refractivity contribution in [2.45, 2.75) is 44.6 Å². The molecule has 2 N–H and O–H groups in total. The number of carboxylic acid groups (broad SMARTS) is 1. The number of hydrogen-bond acceptors (Lipinski definition) is 4. The third-order valence-corrected chi connectivity index (χ3v) is 7.33. The summed E-state index contributed by atoms with van der Waals surface area (Å²) >= 11 is 0. The zero-order valence-corrected chi connectivity index (χ0v) is 20.6. The van der Waals surface area contributed by atoms with Crippen LogP contribution in [0.4, 0.5) is 10.5 Å². The Hall–Kier alpha value is -3.80. The largest absolute Gasteiger partial charge is 0.480 e. The topological polar surface area (TPSA) is 78.9 Å². The highest BCUT2D eigenvalue weighted by Crippen LogP contribution is 2.44. The Kier molecular flexibility index (Phi) is 6.94. The number of carbonyl (C=O) groups is 2. The monoisotopic (exact) mass is 484 g/mol. The number of carbonyl (C=O) groups excluding carboxylic acids is 1. The average molecular weight is 485 g/mol. The second-order valence-corrected chi connectivity index (χ2v) is 9.73. The van der Waals surface area contributed by atoms with E-state index in [-0.39, 0.29) is 18.9 Å². The van der Waals surface area contributed by atoms with Crippen molar-refractivity contribution >= 4 is 17.7 Å². The molecular weight excluding hydrogens is 452 g/mol. The van der Waals surface area contributed by atoms with Gasteiger partial charge < -0.3 is 20.1 Å². The van der Waals surface area contributed by atoms with E-state index in [0.717, 1.165) is 46.5 Å². The van der Waals surface area contributed by atoms with E-state index in [0.29, 0.717) is 0 Å². The maximum atomic E-state index is 12.7. The molecule has 1 aliphatic heterocycles. The van der Waals surface area contributed by atoms with Gasteiger partial charge in [-0.15, -0.1) is 0 Å². The number of fused-ring (bicyclic) bond motifs is 3. The number of hydrogen-bond donors (Lipinski definition) is 2. The van der Waals surface area contributed by atoms with E-state index in [2.05, 4.69) is 47.5 Å². The van der Waals surface area contributed by atoms with E-state index in [1.165, 1.54) is 24.9 Å². The molecule has 3 aromatic rings. The molecule has 5 rings (SSSR count). The number of rotatable bonds is 7. The van der Waals surface area contributed by atoms with E-state index in [9.17, 15) is 14.7 Å². The second kappa shape index (κ2) is 10.4. The number of aryl methyl sites for hydroxylation is 1. The molecule has 0 saturated carbocycles. The number of aliphatic carboxylic acids is 1. The van der Waals surface area contributed by atoms with Gasteiger partial charge in [0.2, 0.25) is 0 Å². The molecule has 3 aromatic carbocycles. The van der Waals surface area contributed by atoms with Crippen LogP contribution in [-0.2, 0) is 16.0 Å². The van der Waals surface area contributed by atoms with Gasteiger partial charge in [-0.25, -0.2) is 9.59 Å². The number of piperidine rings is 1. The number of benzene rings is 3. The third-order valence-electron chi connectivity index (χ3n) is 7.33. The van der Waals surface area contributed by atoms with E-state index in [4.69, 9.17) is 4.74 Å². The molecule has 1 amide bonds. The Labute approximate surface area is 211 Å². The number of nitrogens with one attached hydrogen (secondary N) is 1. The predicted octanol–water partition coefficient (Wildman–Crippen LogP) is 5.52. The Morgan fingerprint density at radius 1 is 0.972 bits per heavy atom. The van der Waals surface area contributed by atoms with Crippen LogP contribution >= 0.6 is 0 Å². The lowest BCUT2D eigenvalue weighted by molar-refractivity contribution is -0.139. The molecule has 1 fully saturated rings. The highest BCUT2D eigenvalue weighted by atomic mass is 16.5. The van der Waals surface area contributed by atoms with Crippen LogP contribution in [0.5, 0.6) is 0 Å². The molecule has 2 aliphatic rings. The van der Waals surface area contributed by atoms with Crippen molar-refractivity contribution < 1.29 is 19.4 Å². The van der Waals surface area contributed by atoms with Crippen molar-refractivity contribution in [3.05, 3.63) is 89.0 Å². The molecule has 0 aromatic heterocycles. The van der Waals surface area contributed by atoms with Crippen molar-refractivity contribution in [3.8, 4) is 11.1 Å². The van der Waals surface area contributed by atoms with Gasteiger partial charge in [-0.3, -0.25) is 0 Å². The molecule has 1 heterocycles. The van der Waals surface area contributed by atoms with Crippen LogP contribution in [0.3, 0.4) is 0 Å². The first-order chi connectivity index (χ1) is 17.5. The minimum absolute atomic E-state index is 0.0728. The molecule has 0 spiro atoms. The lowest BCUT2D eigenvalue weighted by atomic mass is 9.98. The zero-order valence-electron chi connectivity index (χ0n) is 20.6. The first-order valence-electron chi connectivity index (χ1n) is 12.7. The molecule has 1 aliphatic carbocycles. The number of amides is 1. The van der Waals surface area contributed by atoms with Crippen molar-refractivity contribution in [2.75, 3.05) is 24.6 Å². The number of nitrogens with zero attached hydrogens (tertiary/aromatic N) is 1. The molecule has 36 heavy (non-hydrogen) atoms. The molecule has 0 bridgehead atoms. The molecule has 6 heteroatoms. The molecule has 1 atom stereocenters. The lowest BCUT2D eigenvalue weighted by Gasteiger charge is -2.30. The fourth-order valence-corrected chi connectivity index (χ4v) is 5.55. The minimum atomic E-state index is -1.08. The summed E-state index contributed by atoms with van der Waals surface area (Å²) in [6.07, 6.45) is 3.15. The van der Waals surface area contributed by atoms with Crippen molar-refractivity contribution in [1.82, 2.24) is 5.32 Å². The number of ether oxygens (including phenoxy) is 1. The van der Waals surface area contributed by atoms with Gasteiger partial charge in [-0.05, 0) is 65.6 Å². The maximum absolute atomic E-state index is 12.7. The van der Waals surface area contributed by atoms with Gasteiger partial charge in [0.1, 0.15) is 12.6 Å². The summed E-state index contributed by atoms with van der Waals surface area (Å²) in [5.41, 5.74) is 7.73. The maximum Gasteiger partial charge on any atom is 0.407 e. The van der Waals surface area contributed by atoms with Crippen LogP contribution in [0, 0.1) is 6.92 Å². The molecule has 0 radical (unpaired) electrons. The number of alkyl carbamates (subject to hydrolysis) is 1. The van der Waals surface area contributed by atoms with Gasteiger partial charge >= 0.3 is 12.1 Å². The summed E-state index contributed by atoms with van der Waals surface area (Å²) in [4.78, 5) is 27.0. The SMILES string of the molecule is Cc1cc(CC(NC(=O)OCC2c3ccccc3-c3ccccc32)C(=O)O)ccc1N1CCCCC1. The van der Waals surface area contributed by atoms with Crippen LogP contribution in [0.15, 0.2) is 66.7 Å². The predicted molar refractivity (Wildman–Crippen MR) is 141 cm³/mol. The van der Waals surface area contributed by atoms with Crippen molar-refractivity contribution in [2.24, 2.45) is 0 Å². The summed E-state index contributed by atoms with van der Waals surface area (Å²) in [7, 11) is 0. The fraction of sp³-hybridized carbons (Fsp3) is 0.333. The second-order valence-electron chi connectivity index (χ2n) is 9.73. The summed E-state index contributed by atoms with van der Waals surface area (Å²) in [6.45, 7) is 4.32. The number of anilines is 1. The third kappa shape index (κ3) is 4.94. The number of carboxylic acids is 1. The molecule has 1 unspecified atom stereocenters. The Morgan fingerprint density at radius 3 is 2.22 bits per heavy atom. The van der Waals surface area contributed by atoms with Crippen LogP contribution in [0.2, 0.25) is 0 Å². The van der Waals surface area contributed by atoms with E-state index >= 15 is 0 Å². The Bertz CT molecular complexity index is 1220. The Morgan fingerprint density at radius 2 is 1.61 bits per heavy atom. The van der Waals surface area contributed by atoms with E-state index in [1.54, 1.807) is 0 Å². The molecule has 1 saturated heterocycles. The van der Waals surface area contributed by atoms with E-state index in [1.807, 2.05) is 36.4 Å². The van der Waals surface area contributed by atoms with Crippen LogP contribution in [-0.4, -0.2) is 42.9 Å². The van der Waals surface area contributed by atoms with Crippen LogP contribution < -0.4 is 10.2 Å². The van der Waals surface area contributed by atoms with Gasteiger partial charge in [0, 0.05) is 31.1 Å². The lowest BCUT2D eigenvalue weighted by Crippen LogP contribution is -2.43. The highest BCUT2D eigenvalue weighted by Gasteiger charge is 2.30.